The van der Waals surface area contributed by atoms with Gasteiger partial charge in [-0.15, -0.1) is 0 Å². The van der Waals surface area contributed by atoms with Gasteiger partial charge in [-0.25, -0.2) is 18.4 Å². The number of hydrogen-bond donors (Lipinski definition) is 2. The molecule has 0 aliphatic carbocycles. The van der Waals surface area contributed by atoms with Crippen LogP contribution in [0.1, 0.15) is 38.6 Å². The van der Waals surface area contributed by atoms with Crippen LogP contribution in [-0.2, 0) is 21.2 Å². The van der Waals surface area contributed by atoms with Crippen LogP contribution >= 0.6 is 0 Å². The maximum absolute atomic E-state index is 13.0. The number of benzene rings is 1. The van der Waals surface area contributed by atoms with E-state index in [0.29, 0.717) is 32.4 Å². The average molecular weight is 445 g/mol. The quantitative estimate of drug-likeness (QED) is 0.579. The van der Waals surface area contributed by atoms with Gasteiger partial charge in [-0.2, -0.15) is 4.31 Å². The van der Waals surface area contributed by atoms with E-state index >= 15 is 0 Å². The first-order valence-corrected chi connectivity index (χ1v) is 12.0. The Morgan fingerprint density at radius 2 is 2.13 bits per heavy atom. The highest BCUT2D eigenvalue weighted by Crippen LogP contribution is 2.23. The minimum absolute atomic E-state index is 0.0344. The number of nitrogens with one attached hydrogen (secondary N) is 2. The van der Waals surface area contributed by atoms with Gasteiger partial charge in [0, 0.05) is 38.3 Å². The molecule has 1 fully saturated rings. The zero-order valence-corrected chi connectivity index (χ0v) is 18.6. The highest BCUT2D eigenvalue weighted by Gasteiger charge is 2.34. The molecule has 1 atom stereocenters. The van der Waals surface area contributed by atoms with Crippen LogP contribution in [0.5, 0.6) is 0 Å². The second kappa shape index (κ2) is 8.80. The molecule has 1 aromatic carbocycles. The number of para-hydroxylation sites is 2. The molecule has 4 rings (SSSR count). The molecule has 3 aromatic rings. The third-order valence-electron chi connectivity index (χ3n) is 5.63. The third-order valence-corrected chi connectivity index (χ3v) is 7.38. The summed E-state index contributed by atoms with van der Waals surface area (Å²) in [6.45, 7) is 4.95. The van der Waals surface area contributed by atoms with Gasteiger partial charge in [-0.3, -0.25) is 4.79 Å². The molecule has 9 nitrogen and oxygen atoms in total. The van der Waals surface area contributed by atoms with Crippen LogP contribution in [-0.4, -0.2) is 57.8 Å². The first kappa shape index (κ1) is 21.5. The van der Waals surface area contributed by atoms with E-state index in [1.54, 1.807) is 10.8 Å². The van der Waals surface area contributed by atoms with Gasteiger partial charge in [0.15, 0.2) is 5.03 Å². The van der Waals surface area contributed by atoms with Gasteiger partial charge in [0.25, 0.3) is 10.0 Å². The molecular weight excluding hydrogens is 416 g/mol. The van der Waals surface area contributed by atoms with Crippen molar-refractivity contribution < 1.29 is 13.2 Å². The molecule has 31 heavy (non-hydrogen) atoms. The number of aromatic nitrogens is 4. The van der Waals surface area contributed by atoms with Crippen molar-refractivity contribution in [3.05, 3.63) is 42.6 Å². The minimum Gasteiger partial charge on any atom is -0.355 e. The van der Waals surface area contributed by atoms with Gasteiger partial charge in [0.2, 0.25) is 5.91 Å². The number of nitrogens with zero attached hydrogens (tertiary/aromatic N) is 4. The molecule has 1 saturated heterocycles. The zero-order chi connectivity index (χ0) is 22.0. The summed E-state index contributed by atoms with van der Waals surface area (Å²) in [6, 6.07) is 7.91. The van der Waals surface area contributed by atoms with Gasteiger partial charge in [-0.1, -0.05) is 12.1 Å². The monoisotopic (exact) mass is 444 g/mol. The predicted octanol–water partition coefficient (Wildman–Crippen LogP) is 2.10. The van der Waals surface area contributed by atoms with Gasteiger partial charge >= 0.3 is 0 Å². The highest BCUT2D eigenvalue weighted by atomic mass is 32.2. The number of H-pyrrole nitrogens is 1. The normalized spacial score (nSPS) is 18.0. The fourth-order valence-corrected chi connectivity index (χ4v) is 5.26. The van der Waals surface area contributed by atoms with Crippen molar-refractivity contribution in [1.29, 1.82) is 0 Å². The van der Waals surface area contributed by atoms with E-state index in [1.165, 1.54) is 10.6 Å². The van der Waals surface area contributed by atoms with Crippen LogP contribution in [0, 0.1) is 5.92 Å². The lowest BCUT2D eigenvalue weighted by atomic mass is 9.99. The molecule has 0 radical (unpaired) electrons. The van der Waals surface area contributed by atoms with Crippen molar-refractivity contribution >= 4 is 27.0 Å². The van der Waals surface area contributed by atoms with E-state index in [4.69, 9.17) is 0 Å². The molecular formula is C21H28N6O3S. The van der Waals surface area contributed by atoms with Crippen LogP contribution in [0.3, 0.4) is 0 Å². The number of hydrogen-bond acceptors (Lipinski definition) is 5. The van der Waals surface area contributed by atoms with Gasteiger partial charge in [0.05, 0.1) is 23.3 Å². The first-order chi connectivity index (χ1) is 14.8. The fraction of sp³-hybridized carbons (Fsp3) is 0.476. The number of carbonyl (C=O) groups is 1. The molecule has 10 heteroatoms. The molecule has 0 saturated carbocycles. The van der Waals surface area contributed by atoms with E-state index in [9.17, 15) is 13.2 Å². The molecule has 0 bridgehead atoms. The number of piperidine rings is 1. The first-order valence-electron chi connectivity index (χ1n) is 10.6. The smallest absolute Gasteiger partial charge is 0.262 e. The summed E-state index contributed by atoms with van der Waals surface area (Å²) < 4.78 is 29.1. The summed E-state index contributed by atoms with van der Waals surface area (Å²) in [4.78, 5) is 24.5. The van der Waals surface area contributed by atoms with Crippen molar-refractivity contribution in [2.75, 3.05) is 19.6 Å². The Labute approximate surface area is 181 Å². The lowest BCUT2D eigenvalue weighted by molar-refractivity contribution is -0.126. The Kier molecular flexibility index (Phi) is 6.10. The SMILES string of the molecule is CC(C)n1cnc(S(=O)(=O)N2CCC[C@H](C(=O)NCCc3nc4ccccc4[nH]3)C2)c1. The maximum atomic E-state index is 13.0. The number of rotatable bonds is 7. The largest absolute Gasteiger partial charge is 0.355 e. The summed E-state index contributed by atoms with van der Waals surface area (Å²) in [5.41, 5.74) is 1.87. The van der Waals surface area contributed by atoms with Gasteiger partial charge in [-0.05, 0) is 38.8 Å². The summed E-state index contributed by atoms with van der Waals surface area (Å²) in [5.74, 6) is 0.324. The molecule has 0 unspecified atom stereocenters. The predicted molar refractivity (Wildman–Crippen MR) is 117 cm³/mol. The molecule has 1 aliphatic heterocycles. The standard InChI is InChI=1S/C21H28N6O3S/c1-15(2)26-13-20(23-14-26)31(29,30)27-11-5-6-16(12-27)21(28)22-10-9-19-24-17-7-3-4-8-18(17)25-19/h3-4,7-8,13-16H,5-6,9-12H2,1-2H3,(H,22,28)(H,24,25)/t16-/m0/s1. The van der Waals surface area contributed by atoms with E-state index in [0.717, 1.165) is 16.9 Å². The zero-order valence-electron chi connectivity index (χ0n) is 17.8. The van der Waals surface area contributed by atoms with Crippen molar-refractivity contribution in [1.82, 2.24) is 29.1 Å². The average Bonchev–Trinajstić information content (AvgIpc) is 3.41. The summed E-state index contributed by atoms with van der Waals surface area (Å²) in [6.07, 6.45) is 4.98. The van der Waals surface area contributed by atoms with Gasteiger partial charge in [0.1, 0.15) is 5.82 Å². The summed E-state index contributed by atoms with van der Waals surface area (Å²) in [7, 11) is -3.71. The van der Waals surface area contributed by atoms with Crippen LogP contribution in [0.15, 0.2) is 41.8 Å². The molecule has 2 aromatic heterocycles. The highest BCUT2D eigenvalue weighted by molar-refractivity contribution is 7.89. The fourth-order valence-electron chi connectivity index (χ4n) is 3.81. The Hall–Kier alpha value is -2.72. The van der Waals surface area contributed by atoms with Crippen LogP contribution in [0.2, 0.25) is 0 Å². The molecule has 1 aliphatic rings. The molecule has 166 valence electrons. The Morgan fingerprint density at radius 1 is 1.32 bits per heavy atom. The molecule has 2 N–H and O–H groups in total. The molecule has 0 spiro atoms. The van der Waals surface area contributed by atoms with Gasteiger partial charge < -0.3 is 14.9 Å². The number of sulfonamides is 1. The van der Waals surface area contributed by atoms with Crippen LogP contribution < -0.4 is 5.32 Å². The van der Waals surface area contributed by atoms with Crippen molar-refractivity contribution in [3.8, 4) is 0 Å². The van der Waals surface area contributed by atoms with E-state index < -0.39 is 10.0 Å². The lowest BCUT2D eigenvalue weighted by Crippen LogP contribution is -2.45. The second-order valence-electron chi connectivity index (χ2n) is 8.20. The van der Waals surface area contributed by atoms with E-state index in [-0.39, 0.29) is 29.4 Å². The Bertz CT molecular complexity index is 1130. The summed E-state index contributed by atoms with van der Waals surface area (Å²) >= 11 is 0. The summed E-state index contributed by atoms with van der Waals surface area (Å²) in [5, 5.41) is 2.97. The van der Waals surface area contributed by atoms with Crippen LogP contribution in [0.25, 0.3) is 11.0 Å². The van der Waals surface area contributed by atoms with Crippen LogP contribution in [0.4, 0.5) is 0 Å². The van der Waals surface area contributed by atoms with Crippen molar-refractivity contribution in [2.45, 2.75) is 44.2 Å². The van der Waals surface area contributed by atoms with E-state index in [1.807, 2.05) is 38.1 Å². The van der Waals surface area contributed by atoms with Crippen molar-refractivity contribution in [3.63, 3.8) is 0 Å². The number of imidazole rings is 2. The number of fused-ring (bicyclic) bond motifs is 1. The molecule has 3 heterocycles. The third kappa shape index (κ3) is 4.64. The maximum Gasteiger partial charge on any atom is 0.262 e. The second-order valence-corrected chi connectivity index (χ2v) is 10.1. The Morgan fingerprint density at radius 3 is 2.87 bits per heavy atom. The number of amides is 1. The minimum atomic E-state index is -3.71. The number of carbonyl (C=O) groups excluding carboxylic acids is 1. The lowest BCUT2D eigenvalue weighted by Gasteiger charge is -2.30. The van der Waals surface area contributed by atoms with E-state index in [2.05, 4.69) is 20.3 Å². The van der Waals surface area contributed by atoms with Crippen molar-refractivity contribution in [2.24, 2.45) is 5.92 Å². The molecule has 1 amide bonds. The number of aromatic amines is 1. The topological polar surface area (TPSA) is 113 Å². The Balaban J connectivity index is 1.34.